The number of hydrogen-bond donors (Lipinski definition) is 1. The third-order valence-electron chi connectivity index (χ3n) is 3.39. The van der Waals surface area contributed by atoms with Crippen LogP contribution in [0.3, 0.4) is 0 Å². The van der Waals surface area contributed by atoms with Gasteiger partial charge >= 0.3 is 5.97 Å². The average molecular weight is 366 g/mol. The molecule has 0 saturated heterocycles. The number of amides is 1. The summed E-state index contributed by atoms with van der Waals surface area (Å²) in [4.78, 5) is 34.1. The molecule has 1 heterocycles. The lowest BCUT2D eigenvalue weighted by atomic mass is 10.1. The Bertz CT molecular complexity index is 731. The minimum absolute atomic E-state index is 0.0304. The second-order valence-corrected chi connectivity index (χ2v) is 5.22. The third kappa shape index (κ3) is 4.93. The number of methoxy groups -OCH3 is 1. The maximum absolute atomic E-state index is 11.8. The zero-order valence-corrected chi connectivity index (χ0v) is 14.2. The van der Waals surface area contributed by atoms with Crippen LogP contribution >= 0.6 is 0 Å². The van der Waals surface area contributed by atoms with E-state index in [1.807, 2.05) is 0 Å². The standard InChI is InChI=1S/C16H18N2O8/c1-10(16(20)17-5-6-23-2)26-15(19)4-3-11-7-13-14(25-9-24-13)8-12(11)18(21)22/h3-4,7-8,10H,5-6,9H2,1-2H3,(H,17,20)/b4-3+/t10-/m0/s1. The highest BCUT2D eigenvalue weighted by Gasteiger charge is 2.22. The van der Waals surface area contributed by atoms with Crippen molar-refractivity contribution in [2.24, 2.45) is 0 Å². The number of nitrogens with zero attached hydrogens (tertiary/aromatic N) is 1. The molecule has 10 nitrogen and oxygen atoms in total. The van der Waals surface area contributed by atoms with E-state index in [-0.39, 0.29) is 30.3 Å². The molecule has 1 aliphatic rings. The Balaban J connectivity index is 2.01. The Hall–Kier alpha value is -3.14. The first-order valence-corrected chi connectivity index (χ1v) is 7.65. The topological polar surface area (TPSA) is 126 Å². The number of carbonyl (C=O) groups is 2. The van der Waals surface area contributed by atoms with Crippen molar-refractivity contribution in [1.82, 2.24) is 5.32 Å². The van der Waals surface area contributed by atoms with Gasteiger partial charge in [0, 0.05) is 19.7 Å². The second-order valence-electron chi connectivity index (χ2n) is 5.22. The molecule has 0 unspecified atom stereocenters. The van der Waals surface area contributed by atoms with Crippen LogP contribution in [0.2, 0.25) is 0 Å². The first-order valence-electron chi connectivity index (χ1n) is 7.65. The molecule has 0 aliphatic carbocycles. The van der Waals surface area contributed by atoms with E-state index in [9.17, 15) is 19.7 Å². The molecule has 10 heteroatoms. The van der Waals surface area contributed by atoms with E-state index < -0.39 is 22.9 Å². The monoisotopic (exact) mass is 366 g/mol. The van der Waals surface area contributed by atoms with Crippen molar-refractivity contribution in [3.63, 3.8) is 0 Å². The minimum Gasteiger partial charge on any atom is -0.454 e. The van der Waals surface area contributed by atoms with Gasteiger partial charge in [-0.15, -0.1) is 0 Å². The van der Waals surface area contributed by atoms with Crippen molar-refractivity contribution < 1.29 is 33.5 Å². The zero-order chi connectivity index (χ0) is 19.1. The Morgan fingerprint density at radius 2 is 2.08 bits per heavy atom. The molecule has 140 valence electrons. The molecule has 1 amide bonds. The predicted molar refractivity (Wildman–Crippen MR) is 88.7 cm³/mol. The van der Waals surface area contributed by atoms with Gasteiger partial charge in [0.2, 0.25) is 6.79 Å². The molecule has 0 spiro atoms. The van der Waals surface area contributed by atoms with Gasteiger partial charge in [0.1, 0.15) is 0 Å². The van der Waals surface area contributed by atoms with E-state index in [1.54, 1.807) is 0 Å². The Labute approximate surface area is 148 Å². The number of nitro benzene ring substituents is 1. The molecule has 1 N–H and O–H groups in total. The molecule has 1 aliphatic heterocycles. The van der Waals surface area contributed by atoms with Gasteiger partial charge in [-0.05, 0) is 19.1 Å². The van der Waals surface area contributed by atoms with Gasteiger partial charge in [0.25, 0.3) is 11.6 Å². The fraction of sp³-hybridized carbons (Fsp3) is 0.375. The molecule has 0 fully saturated rings. The molecule has 0 aromatic heterocycles. The van der Waals surface area contributed by atoms with Crippen molar-refractivity contribution in [2.45, 2.75) is 13.0 Å². The second kappa shape index (κ2) is 8.81. The van der Waals surface area contributed by atoms with Crippen molar-refractivity contribution in [3.05, 3.63) is 33.9 Å². The highest BCUT2D eigenvalue weighted by Crippen LogP contribution is 2.38. The van der Waals surface area contributed by atoms with Crippen LogP contribution < -0.4 is 14.8 Å². The number of fused-ring (bicyclic) bond motifs is 1. The van der Waals surface area contributed by atoms with Crippen LogP contribution in [0, 0.1) is 10.1 Å². The number of carbonyl (C=O) groups excluding carboxylic acids is 2. The molecule has 0 radical (unpaired) electrons. The van der Waals surface area contributed by atoms with Gasteiger partial charge < -0.3 is 24.3 Å². The van der Waals surface area contributed by atoms with Crippen molar-refractivity contribution in [2.75, 3.05) is 27.1 Å². The van der Waals surface area contributed by atoms with Crippen LogP contribution in [0.25, 0.3) is 6.08 Å². The average Bonchev–Trinajstić information content (AvgIpc) is 3.06. The van der Waals surface area contributed by atoms with Crippen LogP contribution in [-0.2, 0) is 19.1 Å². The normalized spacial score (nSPS) is 13.5. The lowest BCUT2D eigenvalue weighted by Crippen LogP contribution is -2.37. The van der Waals surface area contributed by atoms with Gasteiger partial charge in [0.05, 0.1) is 23.2 Å². The largest absolute Gasteiger partial charge is 0.454 e. The fourth-order valence-electron chi connectivity index (χ4n) is 2.08. The van der Waals surface area contributed by atoms with E-state index in [1.165, 1.54) is 32.2 Å². The van der Waals surface area contributed by atoms with Crippen LogP contribution in [-0.4, -0.2) is 50.0 Å². The van der Waals surface area contributed by atoms with Gasteiger partial charge in [-0.25, -0.2) is 4.79 Å². The van der Waals surface area contributed by atoms with Crippen LogP contribution in [0.4, 0.5) is 5.69 Å². The van der Waals surface area contributed by atoms with E-state index in [0.29, 0.717) is 12.4 Å². The lowest BCUT2D eigenvalue weighted by molar-refractivity contribution is -0.385. The number of nitro groups is 1. The van der Waals surface area contributed by atoms with Gasteiger partial charge in [0.15, 0.2) is 17.6 Å². The molecule has 1 atom stereocenters. The Morgan fingerprint density at radius 1 is 1.38 bits per heavy atom. The molecule has 0 saturated carbocycles. The van der Waals surface area contributed by atoms with Crippen LogP contribution in [0.5, 0.6) is 11.5 Å². The first-order chi connectivity index (χ1) is 12.4. The van der Waals surface area contributed by atoms with E-state index in [4.69, 9.17) is 18.9 Å². The molecule has 1 aromatic rings. The molecule has 0 bridgehead atoms. The Morgan fingerprint density at radius 3 is 2.73 bits per heavy atom. The van der Waals surface area contributed by atoms with Crippen molar-refractivity contribution in [1.29, 1.82) is 0 Å². The number of benzene rings is 1. The SMILES string of the molecule is COCCNC(=O)[C@H](C)OC(=O)/C=C/c1cc2c(cc1[N+](=O)[O-])OCO2. The molecular formula is C16H18N2O8. The summed E-state index contributed by atoms with van der Waals surface area (Å²) in [7, 11) is 1.50. The fourth-order valence-corrected chi connectivity index (χ4v) is 2.08. The molecular weight excluding hydrogens is 348 g/mol. The lowest BCUT2D eigenvalue weighted by Gasteiger charge is -2.11. The molecule has 1 aromatic carbocycles. The number of ether oxygens (including phenoxy) is 4. The summed E-state index contributed by atoms with van der Waals surface area (Å²) in [5.74, 6) is -0.684. The van der Waals surface area contributed by atoms with Crippen molar-refractivity contribution in [3.8, 4) is 11.5 Å². The summed E-state index contributed by atoms with van der Waals surface area (Å²) in [6.07, 6.45) is 1.21. The summed E-state index contributed by atoms with van der Waals surface area (Å²) in [6, 6.07) is 2.62. The minimum atomic E-state index is -1.02. The smallest absolute Gasteiger partial charge is 0.331 e. The van der Waals surface area contributed by atoms with Gasteiger partial charge in [-0.1, -0.05) is 0 Å². The number of hydrogen-bond acceptors (Lipinski definition) is 8. The number of nitrogens with one attached hydrogen (secondary N) is 1. The van der Waals surface area contributed by atoms with E-state index in [0.717, 1.165) is 6.08 Å². The summed E-state index contributed by atoms with van der Waals surface area (Å²) < 4.78 is 20.0. The summed E-state index contributed by atoms with van der Waals surface area (Å²) >= 11 is 0. The van der Waals surface area contributed by atoms with Crippen LogP contribution in [0.1, 0.15) is 12.5 Å². The van der Waals surface area contributed by atoms with E-state index in [2.05, 4.69) is 5.32 Å². The van der Waals surface area contributed by atoms with Gasteiger partial charge in [-0.3, -0.25) is 14.9 Å². The first kappa shape index (κ1) is 19.2. The summed E-state index contributed by atoms with van der Waals surface area (Å²) in [5.41, 5.74) is -0.0999. The van der Waals surface area contributed by atoms with E-state index >= 15 is 0 Å². The maximum Gasteiger partial charge on any atom is 0.331 e. The summed E-state index contributed by atoms with van der Waals surface area (Å²) in [6.45, 7) is 2.00. The Kier molecular flexibility index (Phi) is 6.50. The van der Waals surface area contributed by atoms with Crippen LogP contribution in [0.15, 0.2) is 18.2 Å². The predicted octanol–water partition coefficient (Wildman–Crippen LogP) is 1.03. The number of esters is 1. The van der Waals surface area contributed by atoms with Gasteiger partial charge in [-0.2, -0.15) is 0 Å². The number of rotatable bonds is 8. The zero-order valence-electron chi connectivity index (χ0n) is 14.2. The quantitative estimate of drug-likeness (QED) is 0.238. The highest BCUT2D eigenvalue weighted by atomic mass is 16.7. The summed E-state index contributed by atoms with van der Waals surface area (Å²) in [5, 5.41) is 13.7. The van der Waals surface area contributed by atoms with Crippen molar-refractivity contribution >= 4 is 23.6 Å². The molecule has 26 heavy (non-hydrogen) atoms. The maximum atomic E-state index is 11.8. The highest BCUT2D eigenvalue weighted by molar-refractivity contribution is 5.91. The molecule has 2 rings (SSSR count). The third-order valence-corrected chi connectivity index (χ3v) is 3.39.